The lowest BCUT2D eigenvalue weighted by Crippen LogP contribution is -2.57. The zero-order chi connectivity index (χ0) is 22.6. The molecule has 1 saturated carbocycles. The van der Waals surface area contributed by atoms with Crippen LogP contribution < -0.4 is 5.32 Å². The van der Waals surface area contributed by atoms with Gasteiger partial charge in [0.15, 0.2) is 10.5 Å². The summed E-state index contributed by atoms with van der Waals surface area (Å²) in [6.45, 7) is 3.75. The summed E-state index contributed by atoms with van der Waals surface area (Å²) in [5, 5.41) is 30.6. The van der Waals surface area contributed by atoms with Crippen LogP contribution in [0.3, 0.4) is 0 Å². The van der Waals surface area contributed by atoms with E-state index in [2.05, 4.69) is 10.4 Å². The highest BCUT2D eigenvalue weighted by atomic mass is 32.2. The Labute approximate surface area is 189 Å². The largest absolute Gasteiger partial charge is 0.433 e. The second kappa shape index (κ2) is 9.79. The summed E-state index contributed by atoms with van der Waals surface area (Å²) in [5.41, 5.74) is 0. The van der Waals surface area contributed by atoms with Crippen molar-refractivity contribution < 1.29 is 19.3 Å². The molecule has 31 heavy (non-hydrogen) atoms. The van der Waals surface area contributed by atoms with Crippen LogP contribution in [0.5, 0.6) is 0 Å². The molecule has 168 valence electrons. The number of nitrogens with one attached hydrogen (secondary N) is 1. The summed E-state index contributed by atoms with van der Waals surface area (Å²) in [7, 11) is 0. The fourth-order valence-corrected chi connectivity index (χ4v) is 5.39. The first-order valence-electron chi connectivity index (χ1n) is 9.95. The van der Waals surface area contributed by atoms with Gasteiger partial charge in [-0.25, -0.2) is 9.80 Å². The number of urea groups is 1. The molecule has 0 unspecified atom stereocenters. The number of furan rings is 1. The Hall–Kier alpha value is -2.44. The minimum Gasteiger partial charge on any atom is -0.401 e. The van der Waals surface area contributed by atoms with E-state index in [9.17, 15) is 20.1 Å². The van der Waals surface area contributed by atoms with Gasteiger partial charge in [0.05, 0.1) is 10.8 Å². The molecule has 2 aliphatic rings. The molecule has 0 aromatic carbocycles. The van der Waals surface area contributed by atoms with Crippen molar-refractivity contribution in [1.82, 2.24) is 15.4 Å². The van der Waals surface area contributed by atoms with Gasteiger partial charge in [-0.2, -0.15) is 10.2 Å². The number of allylic oxidation sites excluding steroid dienone is 1. The number of hydroxylamine groups is 2. The highest BCUT2D eigenvalue weighted by Crippen LogP contribution is 2.42. The maximum absolute atomic E-state index is 12.7. The van der Waals surface area contributed by atoms with Crippen molar-refractivity contribution in [3.05, 3.63) is 34.1 Å². The van der Waals surface area contributed by atoms with Crippen LogP contribution in [0.25, 0.3) is 6.08 Å². The molecule has 1 aromatic rings. The third-order valence-corrected chi connectivity index (χ3v) is 6.63. The Morgan fingerprint density at radius 3 is 2.81 bits per heavy atom. The first-order valence-corrected chi connectivity index (χ1v) is 11.2. The van der Waals surface area contributed by atoms with Crippen molar-refractivity contribution in [2.24, 2.45) is 5.10 Å². The Kier molecular flexibility index (Phi) is 7.34. The van der Waals surface area contributed by atoms with Crippen LogP contribution in [0.1, 0.15) is 51.7 Å². The van der Waals surface area contributed by atoms with Crippen LogP contribution in [-0.2, 0) is 0 Å². The van der Waals surface area contributed by atoms with E-state index in [0.717, 1.165) is 32.1 Å². The quantitative estimate of drug-likeness (QED) is 0.208. The number of carbonyl (C=O) groups excluding carboxylic acids is 1. The molecule has 0 spiro atoms. The molecule has 3 rings (SSSR count). The third kappa shape index (κ3) is 5.63. The molecule has 10 nitrogen and oxygen atoms in total. The van der Waals surface area contributed by atoms with Crippen molar-refractivity contribution >= 4 is 52.5 Å². The number of rotatable bonds is 6. The number of carbonyl (C=O) groups is 1. The van der Waals surface area contributed by atoms with Gasteiger partial charge in [-0.15, -0.1) is 0 Å². The van der Waals surface area contributed by atoms with Crippen molar-refractivity contribution in [3.8, 4) is 0 Å². The molecule has 0 bridgehead atoms. The van der Waals surface area contributed by atoms with E-state index in [4.69, 9.17) is 16.6 Å². The summed E-state index contributed by atoms with van der Waals surface area (Å²) < 4.78 is 4.86. The van der Waals surface area contributed by atoms with E-state index >= 15 is 0 Å². The number of nitrogens with zero attached hydrogens (tertiary/aromatic N) is 4. The molecule has 2 fully saturated rings. The molecule has 2 heterocycles. The molecule has 12 heteroatoms. The molecule has 0 radical (unpaired) electrons. The topological polar surface area (TPSA) is 124 Å². The van der Waals surface area contributed by atoms with E-state index < -0.39 is 21.9 Å². The smallest absolute Gasteiger partial charge is 0.401 e. The normalized spacial score (nSPS) is 21.8. The van der Waals surface area contributed by atoms with Gasteiger partial charge in [-0.1, -0.05) is 43.2 Å². The number of thiocarbonyl (C=S) groups is 1. The van der Waals surface area contributed by atoms with Gasteiger partial charge >= 0.3 is 11.9 Å². The van der Waals surface area contributed by atoms with Gasteiger partial charge < -0.3 is 9.73 Å². The van der Waals surface area contributed by atoms with E-state index in [0.29, 0.717) is 15.1 Å². The lowest BCUT2D eigenvalue weighted by atomic mass is 9.96. The first-order chi connectivity index (χ1) is 14.7. The zero-order valence-electron chi connectivity index (χ0n) is 17.3. The Morgan fingerprint density at radius 1 is 1.45 bits per heavy atom. The van der Waals surface area contributed by atoms with E-state index in [-0.39, 0.29) is 11.9 Å². The SMILES string of the molecule is CC1(C)SC(=S)N(/N=C\C=C\c2ccc([N+](=O)[O-])o2)[C@H]1N(O)C(=O)NC1CCCCC1. The van der Waals surface area contributed by atoms with Crippen LogP contribution in [0.2, 0.25) is 0 Å². The van der Waals surface area contributed by atoms with Crippen molar-refractivity contribution in [2.45, 2.75) is 62.9 Å². The van der Waals surface area contributed by atoms with Gasteiger partial charge in [0, 0.05) is 12.3 Å². The highest BCUT2D eigenvalue weighted by Gasteiger charge is 2.50. The number of thioether (sulfide) groups is 1. The molecular formula is C19H25N5O5S2. The van der Waals surface area contributed by atoms with E-state index in [1.165, 1.54) is 47.3 Å². The van der Waals surface area contributed by atoms with Gasteiger partial charge in [-0.05, 0) is 44.9 Å². The average molecular weight is 468 g/mol. The fourth-order valence-electron chi connectivity index (χ4n) is 3.60. The zero-order valence-corrected chi connectivity index (χ0v) is 18.9. The van der Waals surface area contributed by atoms with Crippen molar-refractivity contribution in [1.29, 1.82) is 0 Å². The number of hydrogen-bond acceptors (Lipinski definition) is 8. The lowest BCUT2D eigenvalue weighted by molar-refractivity contribution is -0.402. The second-order valence-corrected chi connectivity index (χ2v) is 10.2. The standard InChI is InChI=1S/C19H25N5O5S2/c1-19(2)16(23(26)17(25)21-13-7-4-3-5-8-13)22(18(30)31-19)20-12-6-9-14-10-11-15(29-14)24(27)28/h6,9-13,16,26H,3-5,7-8H2,1-2H3,(H,21,25)/b9-6+,20-12-/t16-/m0/s1. The minimum absolute atomic E-state index is 0.0530. The predicted octanol–water partition coefficient (Wildman–Crippen LogP) is 4.36. The molecule has 1 aliphatic heterocycles. The minimum atomic E-state index is -0.803. The van der Waals surface area contributed by atoms with Gasteiger partial charge in [-0.3, -0.25) is 15.3 Å². The van der Waals surface area contributed by atoms with Gasteiger partial charge in [0.1, 0.15) is 10.7 Å². The number of hydrazone groups is 1. The summed E-state index contributed by atoms with van der Waals surface area (Å²) in [5.74, 6) is -0.0560. The molecular weight excluding hydrogens is 442 g/mol. The first kappa shape index (κ1) is 23.2. The number of amides is 2. The van der Waals surface area contributed by atoms with Crippen LogP contribution in [-0.4, -0.2) is 53.7 Å². The summed E-state index contributed by atoms with van der Waals surface area (Å²) >= 11 is 6.73. The predicted molar refractivity (Wildman–Crippen MR) is 122 cm³/mol. The molecule has 1 saturated heterocycles. The molecule has 2 N–H and O–H groups in total. The summed E-state index contributed by atoms with van der Waals surface area (Å²) in [4.78, 5) is 22.7. The van der Waals surface area contributed by atoms with Crippen LogP contribution >= 0.6 is 24.0 Å². The van der Waals surface area contributed by atoms with E-state index in [1.807, 2.05) is 13.8 Å². The number of nitro groups is 1. The van der Waals surface area contributed by atoms with Crippen molar-refractivity contribution in [2.75, 3.05) is 0 Å². The fraction of sp³-hybridized carbons (Fsp3) is 0.526. The Morgan fingerprint density at radius 2 is 2.16 bits per heavy atom. The summed E-state index contributed by atoms with van der Waals surface area (Å²) in [6, 6.07) is 2.21. The number of hydrogen-bond donors (Lipinski definition) is 2. The molecule has 1 aromatic heterocycles. The Bertz CT molecular complexity index is 894. The van der Waals surface area contributed by atoms with Crippen LogP contribution in [0.4, 0.5) is 10.7 Å². The molecule has 1 atom stereocenters. The highest BCUT2D eigenvalue weighted by molar-refractivity contribution is 8.24. The van der Waals surface area contributed by atoms with Gasteiger partial charge in [0.25, 0.3) is 0 Å². The van der Waals surface area contributed by atoms with Crippen molar-refractivity contribution in [3.63, 3.8) is 0 Å². The van der Waals surface area contributed by atoms with Crippen LogP contribution in [0.15, 0.2) is 27.7 Å². The van der Waals surface area contributed by atoms with Crippen LogP contribution in [0, 0.1) is 10.1 Å². The Balaban J connectivity index is 1.68. The summed E-state index contributed by atoms with van der Waals surface area (Å²) in [6.07, 6.45) is 8.75. The van der Waals surface area contributed by atoms with E-state index in [1.54, 1.807) is 0 Å². The lowest BCUT2D eigenvalue weighted by Gasteiger charge is -2.35. The third-order valence-electron chi connectivity index (χ3n) is 5.09. The maximum atomic E-state index is 12.7. The monoisotopic (exact) mass is 467 g/mol. The second-order valence-electron chi connectivity index (χ2n) is 7.88. The maximum Gasteiger partial charge on any atom is 0.433 e. The average Bonchev–Trinajstić information content (AvgIpc) is 3.27. The molecule has 1 aliphatic carbocycles. The molecule has 2 amide bonds. The van der Waals surface area contributed by atoms with Gasteiger partial charge in [0.2, 0.25) is 0 Å².